The standard InChI is InChI=1S/C29H26ClN3OS/c30-27-25-3-1-2-4-26(25)35-28(27)29(34)33(24-15-13-23(32)14-16-24)18-20-7-11-22(12-8-20)21-9-5-19(17-31)6-10-21/h1-12,23-24H,13-16,18,32H2. The number of carbonyl (C=O) groups is 1. The molecule has 1 aliphatic carbocycles. The van der Waals surface area contributed by atoms with Crippen molar-refractivity contribution in [2.24, 2.45) is 5.73 Å². The minimum absolute atomic E-state index is 0.00663. The van der Waals surface area contributed by atoms with Gasteiger partial charge in [0.05, 0.1) is 16.7 Å². The smallest absolute Gasteiger partial charge is 0.266 e. The lowest BCUT2D eigenvalue weighted by Crippen LogP contribution is -2.43. The number of nitrogens with two attached hydrogens (primary N) is 1. The van der Waals surface area contributed by atoms with E-state index in [2.05, 4.69) is 30.3 Å². The van der Waals surface area contributed by atoms with Gasteiger partial charge in [0.1, 0.15) is 4.88 Å². The van der Waals surface area contributed by atoms with Crippen LogP contribution in [0.5, 0.6) is 0 Å². The first-order valence-corrected chi connectivity index (χ1v) is 13.1. The minimum atomic E-state index is -0.00663. The number of halogens is 1. The van der Waals surface area contributed by atoms with Crippen molar-refractivity contribution in [3.8, 4) is 17.2 Å². The van der Waals surface area contributed by atoms with Crippen molar-refractivity contribution in [2.75, 3.05) is 0 Å². The fourth-order valence-corrected chi connectivity index (χ4v) is 6.27. The van der Waals surface area contributed by atoms with Gasteiger partial charge in [-0.3, -0.25) is 4.79 Å². The van der Waals surface area contributed by atoms with Crippen molar-refractivity contribution in [3.05, 3.63) is 93.8 Å². The number of amides is 1. The molecule has 0 saturated heterocycles. The number of thiophene rings is 1. The average molecular weight is 500 g/mol. The zero-order chi connectivity index (χ0) is 24.4. The van der Waals surface area contributed by atoms with Crippen LogP contribution < -0.4 is 5.73 Å². The van der Waals surface area contributed by atoms with Crippen LogP contribution in [0.1, 0.15) is 46.5 Å². The maximum Gasteiger partial charge on any atom is 0.266 e. The Morgan fingerprint density at radius 2 is 1.60 bits per heavy atom. The first kappa shape index (κ1) is 23.6. The summed E-state index contributed by atoms with van der Waals surface area (Å²) in [5, 5.41) is 10.5. The Hall–Kier alpha value is -3.17. The first-order chi connectivity index (χ1) is 17.0. The van der Waals surface area contributed by atoms with Crippen molar-refractivity contribution in [3.63, 3.8) is 0 Å². The maximum absolute atomic E-state index is 13.9. The number of nitrogens with zero attached hydrogens (tertiary/aromatic N) is 2. The zero-order valence-corrected chi connectivity index (χ0v) is 20.9. The second-order valence-electron chi connectivity index (χ2n) is 9.13. The largest absolute Gasteiger partial charge is 0.331 e. The number of hydrogen-bond donors (Lipinski definition) is 1. The van der Waals surface area contributed by atoms with Crippen LogP contribution in [0.3, 0.4) is 0 Å². The summed E-state index contributed by atoms with van der Waals surface area (Å²) < 4.78 is 1.03. The fourth-order valence-electron chi connectivity index (χ4n) is 4.80. The molecule has 0 unspecified atom stereocenters. The van der Waals surface area contributed by atoms with Crippen molar-refractivity contribution < 1.29 is 4.79 Å². The van der Waals surface area contributed by atoms with E-state index in [4.69, 9.17) is 22.6 Å². The number of hydrogen-bond acceptors (Lipinski definition) is 4. The highest BCUT2D eigenvalue weighted by atomic mass is 35.5. The van der Waals surface area contributed by atoms with Gasteiger partial charge < -0.3 is 10.6 Å². The maximum atomic E-state index is 13.9. The number of carbonyl (C=O) groups excluding carboxylic acids is 1. The lowest BCUT2D eigenvalue weighted by atomic mass is 9.90. The summed E-state index contributed by atoms with van der Waals surface area (Å²) in [6, 6.07) is 26.3. The Balaban J connectivity index is 1.42. The van der Waals surface area contributed by atoms with E-state index >= 15 is 0 Å². The molecule has 0 aliphatic heterocycles. The van der Waals surface area contributed by atoms with E-state index in [0.29, 0.717) is 22.0 Å². The van der Waals surface area contributed by atoms with Crippen molar-refractivity contribution in [1.82, 2.24) is 4.90 Å². The first-order valence-electron chi connectivity index (χ1n) is 11.9. The van der Waals surface area contributed by atoms with E-state index in [1.54, 1.807) is 0 Å². The molecule has 1 saturated carbocycles. The van der Waals surface area contributed by atoms with E-state index in [9.17, 15) is 4.79 Å². The third kappa shape index (κ3) is 4.97. The van der Waals surface area contributed by atoms with Crippen LogP contribution in [0.25, 0.3) is 21.2 Å². The highest BCUT2D eigenvalue weighted by Crippen LogP contribution is 2.37. The molecule has 35 heavy (non-hydrogen) atoms. The third-order valence-corrected chi connectivity index (χ3v) is 8.49. The normalized spacial score (nSPS) is 17.7. The number of nitriles is 1. The van der Waals surface area contributed by atoms with Crippen molar-refractivity contribution in [1.29, 1.82) is 5.26 Å². The molecule has 176 valence electrons. The summed E-state index contributed by atoms with van der Waals surface area (Å²) >= 11 is 8.16. The van der Waals surface area contributed by atoms with Crippen LogP contribution in [0.2, 0.25) is 5.02 Å². The molecule has 0 bridgehead atoms. The molecule has 0 spiro atoms. The van der Waals surface area contributed by atoms with E-state index in [0.717, 1.165) is 52.5 Å². The molecule has 1 aromatic heterocycles. The quantitative estimate of drug-likeness (QED) is 0.321. The highest BCUT2D eigenvalue weighted by molar-refractivity contribution is 7.21. The molecule has 1 fully saturated rings. The van der Waals surface area contributed by atoms with Crippen molar-refractivity contribution >= 4 is 38.9 Å². The lowest BCUT2D eigenvalue weighted by molar-refractivity contribution is 0.0611. The van der Waals surface area contributed by atoms with Gasteiger partial charge in [0.2, 0.25) is 0 Å². The van der Waals surface area contributed by atoms with Crippen LogP contribution in [-0.4, -0.2) is 22.9 Å². The molecule has 1 aliphatic rings. The molecule has 0 atom stereocenters. The summed E-state index contributed by atoms with van der Waals surface area (Å²) in [5.41, 5.74) is 10.0. The number of rotatable bonds is 5. The summed E-state index contributed by atoms with van der Waals surface area (Å²) in [4.78, 5) is 16.5. The minimum Gasteiger partial charge on any atom is -0.331 e. The highest BCUT2D eigenvalue weighted by Gasteiger charge is 2.31. The van der Waals surface area contributed by atoms with Gasteiger partial charge in [0.15, 0.2) is 0 Å². The molecular weight excluding hydrogens is 474 g/mol. The predicted molar refractivity (Wildman–Crippen MR) is 144 cm³/mol. The summed E-state index contributed by atoms with van der Waals surface area (Å²) in [6.07, 6.45) is 3.65. The molecule has 1 amide bonds. The van der Waals surface area contributed by atoms with Crippen LogP contribution in [0.4, 0.5) is 0 Å². The average Bonchev–Trinajstić information content (AvgIpc) is 3.24. The van der Waals surface area contributed by atoms with Gasteiger partial charge in [-0.05, 0) is 60.6 Å². The van der Waals surface area contributed by atoms with Crippen LogP contribution in [0, 0.1) is 11.3 Å². The molecule has 4 nitrogen and oxygen atoms in total. The SMILES string of the molecule is N#Cc1ccc(-c2ccc(CN(C(=O)c3sc4ccccc4c3Cl)C3CCC(N)CC3)cc2)cc1. The van der Waals surface area contributed by atoms with Gasteiger partial charge in [-0.2, -0.15) is 5.26 Å². The van der Waals surface area contributed by atoms with Gasteiger partial charge in [-0.25, -0.2) is 0 Å². The van der Waals surface area contributed by atoms with Gasteiger partial charge in [0.25, 0.3) is 5.91 Å². The second kappa shape index (κ2) is 10.2. The summed E-state index contributed by atoms with van der Waals surface area (Å²) in [6.45, 7) is 0.525. The summed E-state index contributed by atoms with van der Waals surface area (Å²) in [7, 11) is 0. The van der Waals surface area contributed by atoms with E-state index in [1.807, 2.05) is 53.4 Å². The van der Waals surface area contributed by atoms with E-state index in [-0.39, 0.29) is 18.0 Å². The molecule has 3 aromatic carbocycles. The second-order valence-corrected chi connectivity index (χ2v) is 10.6. The Morgan fingerprint density at radius 1 is 0.971 bits per heavy atom. The zero-order valence-electron chi connectivity index (χ0n) is 19.3. The van der Waals surface area contributed by atoms with Crippen LogP contribution in [0.15, 0.2) is 72.8 Å². The number of fused-ring (bicyclic) bond motifs is 1. The van der Waals surface area contributed by atoms with E-state index in [1.165, 1.54) is 11.3 Å². The Morgan fingerprint density at radius 3 is 2.23 bits per heavy atom. The lowest BCUT2D eigenvalue weighted by Gasteiger charge is -2.36. The van der Waals surface area contributed by atoms with Gasteiger partial charge >= 0.3 is 0 Å². The fraction of sp³-hybridized carbons (Fsp3) is 0.241. The van der Waals surface area contributed by atoms with E-state index < -0.39 is 0 Å². The van der Waals surface area contributed by atoms with Gasteiger partial charge in [-0.1, -0.05) is 66.2 Å². The summed E-state index contributed by atoms with van der Waals surface area (Å²) in [5.74, 6) is -0.00663. The molecule has 4 aromatic rings. The molecule has 2 N–H and O–H groups in total. The third-order valence-electron chi connectivity index (χ3n) is 6.83. The van der Waals surface area contributed by atoms with Gasteiger partial charge in [-0.15, -0.1) is 11.3 Å². The van der Waals surface area contributed by atoms with Gasteiger partial charge in [0, 0.05) is 28.7 Å². The Kier molecular flexibility index (Phi) is 6.88. The Labute approximate surface area is 214 Å². The molecule has 1 heterocycles. The molecule has 5 rings (SSSR count). The van der Waals surface area contributed by atoms with Crippen LogP contribution in [-0.2, 0) is 6.54 Å². The Bertz CT molecular complexity index is 1380. The molecule has 6 heteroatoms. The predicted octanol–water partition coefficient (Wildman–Crippen LogP) is 7.01. The molecular formula is C29H26ClN3OS. The monoisotopic (exact) mass is 499 g/mol. The number of benzene rings is 3. The topological polar surface area (TPSA) is 70.1 Å². The molecule has 0 radical (unpaired) electrons. The van der Waals surface area contributed by atoms with Crippen molar-refractivity contribution in [2.45, 2.75) is 44.3 Å². The van der Waals surface area contributed by atoms with Crippen LogP contribution >= 0.6 is 22.9 Å².